The molecule has 0 spiro atoms. The molecule has 0 aliphatic heterocycles. The zero-order valence-corrected chi connectivity index (χ0v) is 28.1. The molecule has 52 heavy (non-hydrogen) atoms. The third-order valence-corrected chi connectivity index (χ3v) is 10.00. The van der Waals surface area contributed by atoms with E-state index in [0.29, 0.717) is 5.82 Å². The first kappa shape index (κ1) is 29.8. The highest BCUT2D eigenvalue weighted by Crippen LogP contribution is 2.43. The molecule has 0 saturated heterocycles. The normalized spacial score (nSPS) is 11.5. The molecular formula is C48H30N4. The number of aromatic nitrogens is 4. The van der Waals surface area contributed by atoms with Crippen molar-refractivity contribution in [3.8, 4) is 56.4 Å². The quantitative estimate of drug-likeness (QED) is 0.172. The Morgan fingerprint density at radius 1 is 0.288 bits per heavy atom. The van der Waals surface area contributed by atoms with Crippen LogP contribution in [0.2, 0.25) is 0 Å². The molecule has 3 aromatic heterocycles. The summed E-state index contributed by atoms with van der Waals surface area (Å²) in [5, 5.41) is 9.94. The van der Waals surface area contributed by atoms with E-state index in [0.717, 1.165) is 33.9 Å². The Labute approximate surface area is 300 Å². The van der Waals surface area contributed by atoms with Crippen LogP contribution in [0.4, 0.5) is 0 Å². The predicted molar refractivity (Wildman–Crippen MR) is 215 cm³/mol. The third kappa shape index (κ3) is 5.09. The van der Waals surface area contributed by atoms with Gasteiger partial charge in [-0.05, 0) is 108 Å². The second kappa shape index (κ2) is 12.4. The monoisotopic (exact) mass is 662 g/mol. The fourth-order valence-corrected chi connectivity index (χ4v) is 7.54. The minimum absolute atomic E-state index is 0.630. The average molecular weight is 663 g/mol. The maximum absolute atomic E-state index is 4.98. The zero-order valence-electron chi connectivity index (χ0n) is 28.1. The molecule has 10 aromatic rings. The molecule has 0 radical (unpaired) electrons. The Morgan fingerprint density at radius 3 is 1.40 bits per heavy atom. The van der Waals surface area contributed by atoms with Crippen LogP contribution in [0.25, 0.3) is 99.5 Å². The highest BCUT2D eigenvalue weighted by atomic mass is 14.9. The summed E-state index contributed by atoms with van der Waals surface area (Å²) in [6.45, 7) is 0. The van der Waals surface area contributed by atoms with Crippen molar-refractivity contribution in [2.75, 3.05) is 0 Å². The summed E-state index contributed by atoms with van der Waals surface area (Å²) in [5.41, 5.74) is 8.84. The number of nitrogens with zero attached hydrogens (tertiary/aromatic N) is 4. The van der Waals surface area contributed by atoms with Gasteiger partial charge in [0.2, 0.25) is 0 Å². The summed E-state index contributed by atoms with van der Waals surface area (Å²) >= 11 is 0. The first-order valence-electron chi connectivity index (χ1n) is 17.5. The lowest BCUT2D eigenvalue weighted by atomic mass is 9.86. The largest absolute Gasteiger partial charge is 0.255 e. The standard InChI is InChI=1S/C48H30N4/c1-2-14-34-31(12-1)13-11-19-35(34)41-29-43-37-16-4-3-15-36(37)40(28-42(43)39-18-6-5-17-38(39)41)32-22-24-33(25-23-32)48-51-46(44-20-7-9-26-49-44)30-47(52-48)45-21-8-10-27-50-45/h1-30H. The van der Waals surface area contributed by atoms with Gasteiger partial charge in [-0.3, -0.25) is 9.97 Å². The number of benzene rings is 7. The molecule has 0 fully saturated rings. The van der Waals surface area contributed by atoms with Crippen molar-refractivity contribution in [3.63, 3.8) is 0 Å². The van der Waals surface area contributed by atoms with E-state index in [1.807, 2.05) is 42.5 Å². The van der Waals surface area contributed by atoms with Crippen molar-refractivity contribution in [2.24, 2.45) is 0 Å². The van der Waals surface area contributed by atoms with E-state index in [-0.39, 0.29) is 0 Å². The highest BCUT2D eigenvalue weighted by Gasteiger charge is 2.17. The van der Waals surface area contributed by atoms with Gasteiger partial charge in [0.05, 0.1) is 22.8 Å². The molecule has 10 rings (SSSR count). The first-order chi connectivity index (χ1) is 25.8. The molecule has 3 heterocycles. The van der Waals surface area contributed by atoms with E-state index in [4.69, 9.17) is 9.97 Å². The summed E-state index contributed by atoms with van der Waals surface area (Å²) in [4.78, 5) is 19.1. The van der Waals surface area contributed by atoms with Crippen molar-refractivity contribution in [1.82, 2.24) is 19.9 Å². The van der Waals surface area contributed by atoms with Crippen molar-refractivity contribution in [2.45, 2.75) is 0 Å². The molecule has 7 aromatic carbocycles. The van der Waals surface area contributed by atoms with E-state index in [1.54, 1.807) is 12.4 Å². The number of hydrogen-bond donors (Lipinski definition) is 0. The summed E-state index contributed by atoms with van der Waals surface area (Å²) < 4.78 is 0. The van der Waals surface area contributed by atoms with Crippen molar-refractivity contribution < 1.29 is 0 Å². The maximum Gasteiger partial charge on any atom is 0.160 e. The van der Waals surface area contributed by atoms with E-state index < -0.39 is 0 Å². The molecule has 0 bridgehead atoms. The van der Waals surface area contributed by atoms with Crippen molar-refractivity contribution in [3.05, 3.63) is 182 Å². The van der Waals surface area contributed by atoms with Gasteiger partial charge in [-0.25, -0.2) is 9.97 Å². The molecule has 0 atom stereocenters. The van der Waals surface area contributed by atoms with Crippen LogP contribution in [0.1, 0.15) is 0 Å². The van der Waals surface area contributed by atoms with Gasteiger partial charge in [0.25, 0.3) is 0 Å². The Balaban J connectivity index is 1.14. The third-order valence-electron chi connectivity index (χ3n) is 10.00. The van der Waals surface area contributed by atoms with Crippen molar-refractivity contribution in [1.29, 1.82) is 0 Å². The Kier molecular flexibility index (Phi) is 7.10. The van der Waals surface area contributed by atoms with Gasteiger partial charge in [0.1, 0.15) is 0 Å². The smallest absolute Gasteiger partial charge is 0.160 e. The number of rotatable bonds is 5. The van der Waals surface area contributed by atoms with Crippen LogP contribution in [-0.2, 0) is 0 Å². The molecule has 4 heteroatoms. The first-order valence-corrected chi connectivity index (χ1v) is 17.5. The van der Waals surface area contributed by atoms with Gasteiger partial charge in [-0.15, -0.1) is 0 Å². The van der Waals surface area contributed by atoms with Gasteiger partial charge in [0.15, 0.2) is 5.82 Å². The Hall–Kier alpha value is -7.04. The van der Waals surface area contributed by atoms with Crippen LogP contribution >= 0.6 is 0 Å². The predicted octanol–water partition coefficient (Wildman–Crippen LogP) is 12.2. The van der Waals surface area contributed by atoms with Crippen molar-refractivity contribution >= 4 is 43.1 Å². The molecule has 0 aliphatic carbocycles. The topological polar surface area (TPSA) is 51.6 Å². The average Bonchev–Trinajstić information content (AvgIpc) is 3.23. The molecule has 0 aliphatic rings. The zero-order chi connectivity index (χ0) is 34.4. The van der Waals surface area contributed by atoms with Crippen LogP contribution in [0.3, 0.4) is 0 Å². The second-order valence-electron chi connectivity index (χ2n) is 13.0. The van der Waals surface area contributed by atoms with Crippen LogP contribution in [0, 0.1) is 0 Å². The molecule has 0 N–H and O–H groups in total. The molecule has 0 unspecified atom stereocenters. The lowest BCUT2D eigenvalue weighted by Crippen LogP contribution is -1.97. The summed E-state index contributed by atoms with van der Waals surface area (Å²) in [6.07, 6.45) is 3.57. The van der Waals surface area contributed by atoms with E-state index >= 15 is 0 Å². The van der Waals surface area contributed by atoms with E-state index in [2.05, 4.69) is 137 Å². The summed E-state index contributed by atoms with van der Waals surface area (Å²) in [5.74, 6) is 0.630. The van der Waals surface area contributed by atoms with Crippen LogP contribution in [-0.4, -0.2) is 19.9 Å². The second-order valence-corrected chi connectivity index (χ2v) is 13.0. The molecular weight excluding hydrogens is 633 g/mol. The van der Waals surface area contributed by atoms with Crippen LogP contribution in [0.15, 0.2) is 182 Å². The lowest BCUT2D eigenvalue weighted by molar-refractivity contribution is 1.15. The molecule has 242 valence electrons. The van der Waals surface area contributed by atoms with Crippen LogP contribution in [0.5, 0.6) is 0 Å². The fourth-order valence-electron chi connectivity index (χ4n) is 7.54. The lowest BCUT2D eigenvalue weighted by Gasteiger charge is -2.17. The van der Waals surface area contributed by atoms with Gasteiger partial charge in [0, 0.05) is 18.0 Å². The van der Waals surface area contributed by atoms with Crippen LogP contribution < -0.4 is 0 Å². The fraction of sp³-hybridized carbons (Fsp3) is 0. The minimum Gasteiger partial charge on any atom is -0.255 e. The van der Waals surface area contributed by atoms with E-state index in [1.165, 1.54) is 59.8 Å². The number of hydrogen-bond acceptors (Lipinski definition) is 4. The number of fused-ring (bicyclic) bond motifs is 6. The molecule has 0 amide bonds. The van der Waals surface area contributed by atoms with Gasteiger partial charge in [-0.2, -0.15) is 0 Å². The summed E-state index contributed by atoms with van der Waals surface area (Å²) in [6, 6.07) is 59.9. The Bertz CT molecular complexity index is 2880. The Morgan fingerprint density at radius 2 is 0.788 bits per heavy atom. The highest BCUT2D eigenvalue weighted by molar-refractivity contribution is 6.24. The number of pyridine rings is 2. The van der Waals surface area contributed by atoms with Gasteiger partial charge >= 0.3 is 0 Å². The minimum atomic E-state index is 0.630. The molecule has 0 saturated carbocycles. The van der Waals surface area contributed by atoms with E-state index in [9.17, 15) is 0 Å². The van der Waals surface area contributed by atoms with Gasteiger partial charge in [-0.1, -0.05) is 127 Å². The molecule has 4 nitrogen and oxygen atoms in total. The maximum atomic E-state index is 4.98. The SMILES string of the molecule is c1ccc(-c2cc(-c3ccccn3)nc(-c3ccc(-c4cc5c6ccccc6c(-c6cccc7ccccc67)cc5c5ccccc45)cc3)n2)nc1. The summed E-state index contributed by atoms with van der Waals surface area (Å²) in [7, 11) is 0. The van der Waals surface area contributed by atoms with Gasteiger partial charge < -0.3 is 0 Å².